The van der Waals surface area contributed by atoms with Crippen molar-refractivity contribution in [1.82, 2.24) is 10.7 Å². The fourth-order valence-electron chi connectivity index (χ4n) is 0.996. The molecule has 0 aliphatic rings. The van der Waals surface area contributed by atoms with Gasteiger partial charge >= 0.3 is 12.0 Å². The van der Waals surface area contributed by atoms with E-state index in [2.05, 4.69) is 16.3 Å². The number of terminal acetylenes is 1. The van der Waals surface area contributed by atoms with E-state index < -0.39 is 18.0 Å². The van der Waals surface area contributed by atoms with Crippen LogP contribution in [0.15, 0.2) is 5.10 Å². The lowest BCUT2D eigenvalue weighted by Crippen LogP contribution is -2.44. The van der Waals surface area contributed by atoms with E-state index in [1.165, 1.54) is 0 Å². The normalized spacial score (nSPS) is 12.4. The molecule has 0 radical (unpaired) electrons. The van der Waals surface area contributed by atoms with Crippen molar-refractivity contribution in [2.24, 2.45) is 10.8 Å². The van der Waals surface area contributed by atoms with Crippen LogP contribution in [0.3, 0.4) is 0 Å². The predicted octanol–water partition coefficient (Wildman–Crippen LogP) is -0.815. The molecule has 17 heavy (non-hydrogen) atoms. The second kappa shape index (κ2) is 8.13. The summed E-state index contributed by atoms with van der Waals surface area (Å²) in [6.45, 7) is 3.64. The van der Waals surface area contributed by atoms with Crippen LogP contribution in [0.1, 0.15) is 13.8 Å². The lowest BCUT2D eigenvalue weighted by Gasteiger charge is -2.15. The van der Waals surface area contributed by atoms with Gasteiger partial charge in [0.2, 0.25) is 0 Å². The number of nitrogens with zero attached hydrogens (tertiary/aromatic N) is 1. The average molecular weight is 240 g/mol. The number of carbonyl (C=O) groups excluding carboxylic acids is 2. The second-order valence-electron chi connectivity index (χ2n) is 3.00. The molecule has 0 bridgehead atoms. The molecule has 1 atom stereocenters. The summed E-state index contributed by atoms with van der Waals surface area (Å²) < 4.78 is 4.83. The van der Waals surface area contributed by atoms with Gasteiger partial charge in [0, 0.05) is 0 Å². The molecule has 4 N–H and O–H groups in total. The first-order valence-corrected chi connectivity index (χ1v) is 4.96. The molecule has 0 saturated heterocycles. The average Bonchev–Trinajstić information content (AvgIpc) is 2.27. The summed E-state index contributed by atoms with van der Waals surface area (Å²) in [4.78, 5) is 22.0. The number of rotatable bonds is 6. The number of amides is 2. The van der Waals surface area contributed by atoms with Gasteiger partial charge in [0.25, 0.3) is 0 Å². The Morgan fingerprint density at radius 2 is 2.24 bits per heavy atom. The molecule has 0 rings (SSSR count). The highest BCUT2D eigenvalue weighted by molar-refractivity contribution is 6.05. The van der Waals surface area contributed by atoms with Crippen LogP contribution in [0.5, 0.6) is 0 Å². The standard InChI is InChI=1S/C10H16N4O3/c1-4-6-12-8(9(15)17-5-2)7(3)13-14-10(11)16/h1,8,12H,5-6H2,2-3H3,(H3,11,14,16)/b13-7+. The first-order valence-electron chi connectivity index (χ1n) is 4.96. The van der Waals surface area contributed by atoms with Gasteiger partial charge in [0.05, 0.1) is 18.9 Å². The molecule has 1 unspecified atom stereocenters. The van der Waals surface area contributed by atoms with Crippen molar-refractivity contribution in [3.63, 3.8) is 0 Å². The summed E-state index contributed by atoms with van der Waals surface area (Å²) >= 11 is 0. The Balaban J connectivity index is 4.66. The van der Waals surface area contributed by atoms with Gasteiger partial charge in [0.15, 0.2) is 0 Å². The van der Waals surface area contributed by atoms with E-state index in [9.17, 15) is 9.59 Å². The van der Waals surface area contributed by atoms with E-state index in [-0.39, 0.29) is 13.2 Å². The second-order valence-corrected chi connectivity index (χ2v) is 3.00. The quantitative estimate of drug-likeness (QED) is 0.244. The minimum atomic E-state index is -0.816. The van der Waals surface area contributed by atoms with Gasteiger partial charge in [-0.05, 0) is 13.8 Å². The Bertz CT molecular complexity index is 346. The molecule has 94 valence electrons. The summed E-state index contributed by atoms with van der Waals surface area (Å²) in [7, 11) is 0. The summed E-state index contributed by atoms with van der Waals surface area (Å²) in [5.41, 5.74) is 7.18. The molecule has 0 heterocycles. The SMILES string of the molecule is C#CCNC(C(=O)OCC)/C(C)=N/NC(N)=O. The van der Waals surface area contributed by atoms with Crippen LogP contribution in [0.25, 0.3) is 0 Å². The van der Waals surface area contributed by atoms with E-state index in [1.54, 1.807) is 13.8 Å². The van der Waals surface area contributed by atoms with Crippen molar-refractivity contribution in [3.05, 3.63) is 0 Å². The highest BCUT2D eigenvalue weighted by Gasteiger charge is 2.22. The van der Waals surface area contributed by atoms with Crippen LogP contribution in [0.4, 0.5) is 4.79 Å². The van der Waals surface area contributed by atoms with Crippen molar-refractivity contribution in [2.75, 3.05) is 13.2 Å². The number of primary amides is 1. The molecular weight excluding hydrogens is 224 g/mol. The van der Waals surface area contributed by atoms with Crippen LogP contribution in [0.2, 0.25) is 0 Å². The molecule has 0 aliphatic carbocycles. The van der Waals surface area contributed by atoms with Gasteiger partial charge in [-0.15, -0.1) is 6.42 Å². The summed E-state index contributed by atoms with van der Waals surface area (Å²) in [6.07, 6.45) is 5.08. The zero-order valence-corrected chi connectivity index (χ0v) is 9.82. The van der Waals surface area contributed by atoms with Crippen LogP contribution in [0, 0.1) is 12.3 Å². The van der Waals surface area contributed by atoms with Gasteiger partial charge in [-0.2, -0.15) is 5.10 Å². The van der Waals surface area contributed by atoms with Crippen molar-refractivity contribution < 1.29 is 14.3 Å². The highest BCUT2D eigenvalue weighted by atomic mass is 16.5. The molecule has 7 heteroatoms. The zero-order valence-electron chi connectivity index (χ0n) is 9.82. The highest BCUT2D eigenvalue weighted by Crippen LogP contribution is 1.93. The smallest absolute Gasteiger partial charge is 0.332 e. The monoisotopic (exact) mass is 240 g/mol. The number of nitrogens with two attached hydrogens (primary N) is 1. The van der Waals surface area contributed by atoms with Crippen LogP contribution >= 0.6 is 0 Å². The van der Waals surface area contributed by atoms with Crippen LogP contribution < -0.4 is 16.5 Å². The number of urea groups is 1. The number of nitrogens with one attached hydrogen (secondary N) is 2. The Morgan fingerprint density at radius 3 is 2.71 bits per heavy atom. The number of hydrogen-bond acceptors (Lipinski definition) is 5. The van der Waals surface area contributed by atoms with Gasteiger partial charge in [-0.1, -0.05) is 5.92 Å². The third kappa shape index (κ3) is 6.17. The van der Waals surface area contributed by atoms with E-state index in [0.717, 1.165) is 0 Å². The maximum atomic E-state index is 11.6. The summed E-state index contributed by atoms with van der Waals surface area (Å²) in [5, 5.41) is 6.38. The fraction of sp³-hybridized carbons (Fsp3) is 0.500. The van der Waals surface area contributed by atoms with Crippen LogP contribution in [-0.2, 0) is 9.53 Å². The first kappa shape index (κ1) is 14.9. The topological polar surface area (TPSA) is 106 Å². The lowest BCUT2D eigenvalue weighted by atomic mass is 10.2. The van der Waals surface area contributed by atoms with Crippen molar-refractivity contribution >= 4 is 17.7 Å². The molecule has 0 aromatic rings. The van der Waals surface area contributed by atoms with Crippen molar-refractivity contribution in [3.8, 4) is 12.3 Å². The van der Waals surface area contributed by atoms with Gasteiger partial charge in [-0.25, -0.2) is 15.0 Å². The molecule has 0 saturated carbocycles. The Kier molecular flexibility index (Phi) is 7.14. The number of ether oxygens (including phenoxy) is 1. The third-order valence-corrected chi connectivity index (χ3v) is 1.69. The minimum absolute atomic E-state index is 0.174. The maximum absolute atomic E-state index is 11.6. The molecule has 7 nitrogen and oxygen atoms in total. The number of hydrogen-bond donors (Lipinski definition) is 3. The predicted molar refractivity (Wildman–Crippen MR) is 63.1 cm³/mol. The lowest BCUT2D eigenvalue weighted by molar-refractivity contribution is -0.143. The molecule has 0 aromatic carbocycles. The molecule has 0 aliphatic heterocycles. The Labute approximate surface area is 99.8 Å². The molecule has 0 aromatic heterocycles. The Hall–Kier alpha value is -2.07. The Morgan fingerprint density at radius 1 is 1.59 bits per heavy atom. The van der Waals surface area contributed by atoms with E-state index in [0.29, 0.717) is 5.71 Å². The minimum Gasteiger partial charge on any atom is -0.465 e. The largest absolute Gasteiger partial charge is 0.465 e. The molecule has 2 amide bonds. The fourth-order valence-corrected chi connectivity index (χ4v) is 0.996. The third-order valence-electron chi connectivity index (χ3n) is 1.69. The maximum Gasteiger partial charge on any atom is 0.332 e. The zero-order chi connectivity index (χ0) is 13.3. The van der Waals surface area contributed by atoms with Gasteiger partial charge in [0.1, 0.15) is 6.04 Å². The summed E-state index contributed by atoms with van der Waals surface area (Å²) in [6, 6.07) is -1.62. The molecular formula is C10H16N4O3. The molecule has 0 spiro atoms. The van der Waals surface area contributed by atoms with Crippen LogP contribution in [-0.4, -0.2) is 36.9 Å². The first-order chi connectivity index (χ1) is 8.02. The molecule has 0 fully saturated rings. The summed E-state index contributed by atoms with van der Waals surface area (Å²) in [5.74, 6) is 1.81. The number of hydrazone groups is 1. The van der Waals surface area contributed by atoms with Crippen molar-refractivity contribution in [1.29, 1.82) is 0 Å². The van der Waals surface area contributed by atoms with Gasteiger partial charge < -0.3 is 10.5 Å². The van der Waals surface area contributed by atoms with E-state index >= 15 is 0 Å². The van der Waals surface area contributed by atoms with E-state index in [1.807, 2.05) is 5.43 Å². The van der Waals surface area contributed by atoms with Crippen molar-refractivity contribution in [2.45, 2.75) is 19.9 Å². The van der Waals surface area contributed by atoms with E-state index in [4.69, 9.17) is 16.9 Å². The van der Waals surface area contributed by atoms with Gasteiger partial charge in [-0.3, -0.25) is 5.32 Å². The number of esters is 1. The number of carbonyl (C=O) groups is 2.